The number of sulfonamides is 1. The van der Waals surface area contributed by atoms with E-state index in [4.69, 9.17) is 9.78 Å². The van der Waals surface area contributed by atoms with E-state index in [1.807, 2.05) is 44.2 Å². The molecule has 0 radical (unpaired) electrons. The first-order valence-electron chi connectivity index (χ1n) is 11.7. The Morgan fingerprint density at radius 2 is 2.00 bits per heavy atom. The number of rotatable bonds is 6. The highest BCUT2D eigenvalue weighted by Gasteiger charge is 2.37. The molecule has 0 bridgehead atoms. The van der Waals surface area contributed by atoms with Crippen molar-refractivity contribution in [1.29, 1.82) is 5.26 Å². The third kappa shape index (κ3) is 5.40. The van der Waals surface area contributed by atoms with Gasteiger partial charge < -0.3 is 9.84 Å². The van der Waals surface area contributed by atoms with E-state index in [2.05, 4.69) is 10.5 Å². The Morgan fingerprint density at radius 3 is 2.78 bits per heavy atom. The van der Waals surface area contributed by atoms with E-state index in [9.17, 15) is 13.2 Å². The molecule has 1 aliphatic heterocycles. The van der Waals surface area contributed by atoms with Gasteiger partial charge >= 0.3 is 0 Å². The normalized spacial score (nSPS) is 16.7. The van der Waals surface area contributed by atoms with Crippen molar-refractivity contribution in [2.24, 2.45) is 5.92 Å². The lowest BCUT2D eigenvalue weighted by Crippen LogP contribution is -2.43. The van der Waals surface area contributed by atoms with Crippen molar-refractivity contribution in [3.8, 4) is 6.07 Å². The van der Waals surface area contributed by atoms with Gasteiger partial charge in [0.2, 0.25) is 15.9 Å². The highest BCUT2D eigenvalue weighted by molar-refractivity contribution is 7.89. The number of hydrogen-bond donors (Lipinski definition) is 1. The minimum Gasteiger partial charge on any atom is -0.355 e. The Balaban J connectivity index is 1.55. The van der Waals surface area contributed by atoms with E-state index in [0.717, 1.165) is 16.7 Å². The molecular weight excluding hydrogens is 476 g/mol. The minimum absolute atomic E-state index is 0.0202. The first-order valence-corrected chi connectivity index (χ1v) is 13.2. The number of amides is 1. The molecule has 1 saturated heterocycles. The van der Waals surface area contributed by atoms with Gasteiger partial charge in [0.15, 0.2) is 10.7 Å². The zero-order chi connectivity index (χ0) is 25.9. The summed E-state index contributed by atoms with van der Waals surface area (Å²) in [4.78, 5) is 12.9. The number of nitrogens with one attached hydrogen (secondary N) is 1. The lowest BCUT2D eigenvalue weighted by molar-refractivity contribution is -0.120. The molecule has 2 heterocycles. The number of piperidine rings is 1. The summed E-state index contributed by atoms with van der Waals surface area (Å²) in [6.07, 6.45) is 4.57. The maximum Gasteiger partial charge on any atom is 0.248 e. The van der Waals surface area contributed by atoms with Gasteiger partial charge in [0.25, 0.3) is 0 Å². The monoisotopic (exact) mass is 504 g/mol. The van der Waals surface area contributed by atoms with Gasteiger partial charge in [-0.1, -0.05) is 41.1 Å². The van der Waals surface area contributed by atoms with Gasteiger partial charge in [-0.25, -0.2) is 8.42 Å². The molecule has 1 fully saturated rings. The molecule has 36 heavy (non-hydrogen) atoms. The predicted molar refractivity (Wildman–Crippen MR) is 137 cm³/mol. The van der Waals surface area contributed by atoms with Crippen LogP contribution in [0.15, 0.2) is 51.9 Å². The van der Waals surface area contributed by atoms with Crippen LogP contribution in [0.5, 0.6) is 0 Å². The van der Waals surface area contributed by atoms with Crippen molar-refractivity contribution < 1.29 is 17.7 Å². The molecule has 1 aromatic heterocycles. The second kappa shape index (κ2) is 10.5. The third-order valence-electron chi connectivity index (χ3n) is 6.29. The number of anilines is 1. The van der Waals surface area contributed by atoms with Crippen molar-refractivity contribution in [3.63, 3.8) is 0 Å². The number of nitriles is 1. The second-order valence-electron chi connectivity index (χ2n) is 9.04. The summed E-state index contributed by atoms with van der Waals surface area (Å²) in [5.74, 6) is -0.635. The molecular formula is C27H28N4O4S. The summed E-state index contributed by atoms with van der Waals surface area (Å²) >= 11 is 0. The molecule has 1 N–H and O–H groups in total. The standard InChI is InChI=1S/C27H28N4O4S/c1-18-9-10-19(2)22(14-18)11-12-25-26(20(3)30-35-25)36(33,34)31-13-5-7-23(17-31)27(32)29-24-8-4-6-21(15-24)16-28/h4,6,8-12,14-15,23H,5,7,13,17H2,1-3H3,(H,29,32)/b12-11+. The van der Waals surface area contributed by atoms with E-state index in [-0.39, 0.29) is 28.8 Å². The summed E-state index contributed by atoms with van der Waals surface area (Å²) in [5.41, 5.74) is 4.33. The zero-order valence-corrected chi connectivity index (χ0v) is 21.3. The van der Waals surface area contributed by atoms with Gasteiger partial charge in [0.1, 0.15) is 5.69 Å². The Kier molecular flexibility index (Phi) is 7.38. The Morgan fingerprint density at radius 1 is 1.19 bits per heavy atom. The van der Waals surface area contributed by atoms with Gasteiger partial charge in [0, 0.05) is 18.8 Å². The number of carbonyl (C=O) groups excluding carboxylic acids is 1. The Labute approximate surface area is 211 Å². The van der Waals surface area contributed by atoms with Crippen molar-refractivity contribution in [1.82, 2.24) is 9.46 Å². The molecule has 1 atom stereocenters. The maximum atomic E-state index is 13.7. The van der Waals surface area contributed by atoms with Crippen molar-refractivity contribution in [3.05, 3.63) is 76.2 Å². The van der Waals surface area contributed by atoms with Gasteiger partial charge in [-0.2, -0.15) is 9.57 Å². The number of nitrogens with zero attached hydrogens (tertiary/aromatic N) is 3. The molecule has 4 rings (SSSR count). The Bertz CT molecular complexity index is 1470. The Hall–Kier alpha value is -3.74. The van der Waals surface area contributed by atoms with Crippen LogP contribution in [-0.2, 0) is 14.8 Å². The third-order valence-corrected chi connectivity index (χ3v) is 8.32. The van der Waals surface area contributed by atoms with Crippen LogP contribution in [0.3, 0.4) is 0 Å². The smallest absolute Gasteiger partial charge is 0.248 e. The molecule has 186 valence electrons. The largest absolute Gasteiger partial charge is 0.355 e. The van der Waals surface area contributed by atoms with Crippen LogP contribution in [0.4, 0.5) is 5.69 Å². The molecule has 0 saturated carbocycles. The van der Waals surface area contributed by atoms with Gasteiger partial charge in [-0.15, -0.1) is 0 Å². The van der Waals surface area contributed by atoms with Crippen LogP contribution in [-0.4, -0.2) is 36.9 Å². The lowest BCUT2D eigenvalue weighted by atomic mass is 9.98. The molecule has 0 spiro atoms. The SMILES string of the molecule is Cc1ccc(C)c(/C=C/c2onc(C)c2S(=O)(=O)N2CCCC(C(=O)Nc3cccc(C#N)c3)C2)c1. The average Bonchev–Trinajstić information content (AvgIpc) is 3.25. The quantitative estimate of drug-likeness (QED) is 0.521. The van der Waals surface area contributed by atoms with Crippen molar-refractivity contribution in [2.45, 2.75) is 38.5 Å². The predicted octanol–water partition coefficient (Wildman–Crippen LogP) is 4.68. The molecule has 3 aromatic rings. The number of aryl methyl sites for hydroxylation is 3. The highest BCUT2D eigenvalue weighted by Crippen LogP contribution is 2.30. The van der Waals surface area contributed by atoms with E-state index in [1.54, 1.807) is 37.3 Å². The summed E-state index contributed by atoms with van der Waals surface area (Å²) in [7, 11) is -3.95. The number of aromatic nitrogens is 1. The fourth-order valence-electron chi connectivity index (χ4n) is 4.32. The summed E-state index contributed by atoms with van der Waals surface area (Å²) in [6, 6.07) is 14.7. The number of carbonyl (C=O) groups is 1. The summed E-state index contributed by atoms with van der Waals surface area (Å²) in [5, 5.41) is 15.8. The number of benzene rings is 2. The zero-order valence-electron chi connectivity index (χ0n) is 20.5. The first kappa shape index (κ1) is 25.4. The molecule has 1 amide bonds. The van der Waals surface area contributed by atoms with Gasteiger partial charge in [-0.05, 0) is 69.0 Å². The van der Waals surface area contributed by atoms with Gasteiger partial charge in [-0.3, -0.25) is 4.79 Å². The van der Waals surface area contributed by atoms with Crippen LogP contribution in [0.1, 0.15) is 46.5 Å². The molecule has 9 heteroatoms. The molecule has 8 nitrogen and oxygen atoms in total. The van der Waals surface area contributed by atoms with E-state index >= 15 is 0 Å². The fourth-order valence-corrected chi connectivity index (χ4v) is 6.09. The highest BCUT2D eigenvalue weighted by atomic mass is 32.2. The molecule has 1 aliphatic rings. The maximum absolute atomic E-state index is 13.7. The lowest BCUT2D eigenvalue weighted by Gasteiger charge is -2.31. The van der Waals surface area contributed by atoms with E-state index in [1.165, 1.54) is 4.31 Å². The van der Waals surface area contributed by atoms with Crippen molar-refractivity contribution in [2.75, 3.05) is 18.4 Å². The topological polar surface area (TPSA) is 116 Å². The summed E-state index contributed by atoms with van der Waals surface area (Å²) < 4.78 is 34.0. The van der Waals surface area contributed by atoms with Crippen LogP contribution in [0, 0.1) is 38.0 Å². The van der Waals surface area contributed by atoms with Crippen LogP contribution < -0.4 is 5.32 Å². The van der Waals surface area contributed by atoms with Gasteiger partial charge in [0.05, 0.1) is 17.6 Å². The molecule has 1 unspecified atom stereocenters. The average molecular weight is 505 g/mol. The first-order chi connectivity index (χ1) is 17.2. The molecule has 2 aromatic carbocycles. The second-order valence-corrected chi connectivity index (χ2v) is 10.9. The summed E-state index contributed by atoms with van der Waals surface area (Å²) in [6.45, 7) is 5.94. The van der Waals surface area contributed by atoms with Crippen LogP contribution in [0.25, 0.3) is 12.2 Å². The minimum atomic E-state index is -3.95. The molecule has 0 aliphatic carbocycles. The number of hydrogen-bond acceptors (Lipinski definition) is 6. The van der Waals surface area contributed by atoms with Crippen LogP contribution >= 0.6 is 0 Å². The van der Waals surface area contributed by atoms with Crippen molar-refractivity contribution >= 4 is 33.8 Å². The fraction of sp³-hybridized carbons (Fsp3) is 0.296. The van der Waals surface area contributed by atoms with E-state index < -0.39 is 15.9 Å². The van der Waals surface area contributed by atoms with Crippen LogP contribution in [0.2, 0.25) is 0 Å². The van der Waals surface area contributed by atoms with E-state index in [0.29, 0.717) is 30.6 Å².